The van der Waals surface area contributed by atoms with E-state index in [0.29, 0.717) is 11.6 Å². The third-order valence-corrected chi connectivity index (χ3v) is 3.55. The Labute approximate surface area is 107 Å². The Morgan fingerprint density at radius 1 is 1.50 bits per heavy atom. The van der Waals surface area contributed by atoms with Crippen LogP contribution < -0.4 is 10.6 Å². The van der Waals surface area contributed by atoms with Crippen molar-refractivity contribution < 1.29 is 9.90 Å². The first kappa shape index (κ1) is 12.9. The van der Waals surface area contributed by atoms with Gasteiger partial charge in [-0.3, -0.25) is 4.79 Å². The maximum absolute atomic E-state index is 12.2. The van der Waals surface area contributed by atoms with E-state index in [1.165, 1.54) is 0 Å². The smallest absolute Gasteiger partial charge is 0.241 e. The molecule has 1 amide bonds. The van der Waals surface area contributed by atoms with Gasteiger partial charge in [-0.25, -0.2) is 0 Å². The molecule has 0 aliphatic carbocycles. The number of phenolic OH excluding ortho intramolecular Hbond substituents is 1. The summed E-state index contributed by atoms with van der Waals surface area (Å²) in [4.78, 5) is 12.2. The second-order valence-electron chi connectivity index (χ2n) is 5.01. The molecule has 0 aromatic heterocycles. The van der Waals surface area contributed by atoms with Crippen LogP contribution in [0.25, 0.3) is 0 Å². The summed E-state index contributed by atoms with van der Waals surface area (Å²) in [5.74, 6) is 0.406. The number of aromatic hydroxyl groups is 1. The van der Waals surface area contributed by atoms with Gasteiger partial charge >= 0.3 is 0 Å². The van der Waals surface area contributed by atoms with Gasteiger partial charge in [0.25, 0.3) is 0 Å². The van der Waals surface area contributed by atoms with Crippen LogP contribution in [0.3, 0.4) is 0 Å². The zero-order valence-electron chi connectivity index (χ0n) is 10.9. The van der Waals surface area contributed by atoms with Gasteiger partial charge in [-0.1, -0.05) is 19.1 Å². The van der Waals surface area contributed by atoms with E-state index in [4.69, 9.17) is 0 Å². The van der Waals surface area contributed by atoms with E-state index >= 15 is 0 Å². The van der Waals surface area contributed by atoms with Crippen molar-refractivity contribution >= 4 is 11.6 Å². The van der Waals surface area contributed by atoms with Crippen molar-refractivity contribution in [1.82, 2.24) is 5.32 Å². The maximum atomic E-state index is 12.2. The number of piperidine rings is 1. The molecule has 2 atom stereocenters. The zero-order valence-corrected chi connectivity index (χ0v) is 10.9. The topological polar surface area (TPSA) is 61.4 Å². The molecule has 0 saturated carbocycles. The van der Waals surface area contributed by atoms with Crippen LogP contribution in [0.2, 0.25) is 0 Å². The van der Waals surface area contributed by atoms with E-state index in [1.54, 1.807) is 6.07 Å². The lowest BCUT2D eigenvalue weighted by molar-refractivity contribution is -0.119. The van der Waals surface area contributed by atoms with Crippen LogP contribution in [0.5, 0.6) is 5.75 Å². The number of aryl methyl sites for hydroxylation is 1. The lowest BCUT2D eigenvalue weighted by Gasteiger charge is -2.29. The van der Waals surface area contributed by atoms with Crippen molar-refractivity contribution in [2.75, 3.05) is 11.9 Å². The minimum absolute atomic E-state index is 0.0666. The molecule has 1 aromatic rings. The van der Waals surface area contributed by atoms with E-state index in [1.807, 2.05) is 19.1 Å². The highest BCUT2D eigenvalue weighted by molar-refractivity contribution is 5.96. The van der Waals surface area contributed by atoms with Gasteiger partial charge in [-0.2, -0.15) is 0 Å². The maximum Gasteiger partial charge on any atom is 0.241 e. The van der Waals surface area contributed by atoms with E-state index in [-0.39, 0.29) is 17.7 Å². The fourth-order valence-electron chi connectivity index (χ4n) is 2.37. The number of carbonyl (C=O) groups is 1. The molecular formula is C14H20N2O2. The van der Waals surface area contributed by atoms with Crippen molar-refractivity contribution in [1.29, 1.82) is 0 Å². The number of hydrogen-bond acceptors (Lipinski definition) is 3. The molecule has 1 aliphatic rings. The highest BCUT2D eigenvalue weighted by Crippen LogP contribution is 2.27. The molecule has 1 aromatic carbocycles. The summed E-state index contributed by atoms with van der Waals surface area (Å²) in [7, 11) is 0. The molecular weight excluding hydrogens is 228 g/mol. The van der Waals surface area contributed by atoms with Crippen LogP contribution >= 0.6 is 0 Å². The highest BCUT2D eigenvalue weighted by Gasteiger charge is 2.27. The fraction of sp³-hybridized carbons (Fsp3) is 0.500. The molecule has 2 unspecified atom stereocenters. The Bertz CT molecular complexity index is 445. The number of anilines is 1. The average Bonchev–Trinajstić information content (AvgIpc) is 2.35. The van der Waals surface area contributed by atoms with Gasteiger partial charge in [0, 0.05) is 0 Å². The highest BCUT2D eigenvalue weighted by atomic mass is 16.3. The zero-order chi connectivity index (χ0) is 13.1. The third-order valence-electron chi connectivity index (χ3n) is 3.55. The number of hydrogen-bond donors (Lipinski definition) is 3. The summed E-state index contributed by atoms with van der Waals surface area (Å²) in [6.45, 7) is 4.77. The van der Waals surface area contributed by atoms with Gasteiger partial charge in [0.1, 0.15) is 5.75 Å². The monoisotopic (exact) mass is 248 g/mol. The van der Waals surface area contributed by atoms with E-state index in [9.17, 15) is 9.90 Å². The standard InChI is InChI=1S/C14H20N2O2/c1-9-6-4-8-15-12(9)14(18)16-11-7-3-5-10(2)13(11)17/h3,5,7,9,12,15,17H,4,6,8H2,1-2H3,(H,16,18). The number of amides is 1. The second-order valence-corrected chi connectivity index (χ2v) is 5.01. The molecule has 1 aliphatic heterocycles. The van der Waals surface area contributed by atoms with Gasteiger partial charge < -0.3 is 15.7 Å². The summed E-state index contributed by atoms with van der Waals surface area (Å²) in [5, 5.41) is 15.9. The van der Waals surface area contributed by atoms with Gasteiger partial charge in [0.15, 0.2) is 0 Å². The van der Waals surface area contributed by atoms with Crippen molar-refractivity contribution in [3.63, 3.8) is 0 Å². The Morgan fingerprint density at radius 3 is 3.00 bits per heavy atom. The molecule has 0 spiro atoms. The molecule has 2 rings (SSSR count). The molecule has 1 fully saturated rings. The number of nitrogens with one attached hydrogen (secondary N) is 2. The van der Waals surface area contributed by atoms with Crippen LogP contribution in [-0.4, -0.2) is 23.6 Å². The van der Waals surface area contributed by atoms with Crippen molar-refractivity contribution in [3.05, 3.63) is 23.8 Å². The number of carbonyl (C=O) groups excluding carboxylic acids is 1. The number of rotatable bonds is 2. The Morgan fingerprint density at radius 2 is 2.28 bits per heavy atom. The molecule has 98 valence electrons. The predicted molar refractivity (Wildman–Crippen MR) is 71.7 cm³/mol. The van der Waals surface area contributed by atoms with E-state index in [2.05, 4.69) is 17.6 Å². The normalized spacial score (nSPS) is 23.7. The molecule has 4 nitrogen and oxygen atoms in total. The van der Waals surface area contributed by atoms with Crippen LogP contribution in [0.4, 0.5) is 5.69 Å². The van der Waals surface area contributed by atoms with Crippen LogP contribution in [0.1, 0.15) is 25.3 Å². The summed E-state index contributed by atoms with van der Waals surface area (Å²) in [6, 6.07) is 5.18. The average molecular weight is 248 g/mol. The summed E-state index contributed by atoms with van der Waals surface area (Å²) < 4.78 is 0. The predicted octanol–water partition coefficient (Wildman–Crippen LogP) is 2.03. The first-order valence-electron chi connectivity index (χ1n) is 6.42. The van der Waals surface area contributed by atoms with Crippen molar-refractivity contribution in [2.24, 2.45) is 5.92 Å². The minimum atomic E-state index is -0.168. The third kappa shape index (κ3) is 2.64. The Kier molecular flexibility index (Phi) is 3.87. The van der Waals surface area contributed by atoms with Crippen LogP contribution in [0, 0.1) is 12.8 Å². The largest absolute Gasteiger partial charge is 0.505 e. The van der Waals surface area contributed by atoms with Gasteiger partial charge in [-0.15, -0.1) is 0 Å². The lowest BCUT2D eigenvalue weighted by atomic mass is 9.92. The quantitative estimate of drug-likeness (QED) is 0.702. The first-order valence-corrected chi connectivity index (χ1v) is 6.42. The van der Waals surface area contributed by atoms with Crippen LogP contribution in [-0.2, 0) is 4.79 Å². The van der Waals surface area contributed by atoms with Gasteiger partial charge in [0.2, 0.25) is 5.91 Å². The second kappa shape index (κ2) is 5.40. The van der Waals surface area contributed by atoms with Crippen molar-refractivity contribution in [2.45, 2.75) is 32.7 Å². The number of para-hydroxylation sites is 1. The SMILES string of the molecule is Cc1cccc(NC(=O)C2NCCCC2C)c1O. The molecule has 18 heavy (non-hydrogen) atoms. The van der Waals surface area contributed by atoms with E-state index < -0.39 is 0 Å². The molecule has 0 radical (unpaired) electrons. The molecule has 1 heterocycles. The minimum Gasteiger partial charge on any atom is -0.505 e. The Balaban J connectivity index is 2.09. The lowest BCUT2D eigenvalue weighted by Crippen LogP contribution is -2.48. The van der Waals surface area contributed by atoms with Gasteiger partial charge in [-0.05, 0) is 43.9 Å². The van der Waals surface area contributed by atoms with E-state index in [0.717, 1.165) is 24.9 Å². The van der Waals surface area contributed by atoms with Crippen molar-refractivity contribution in [3.8, 4) is 5.75 Å². The fourth-order valence-corrected chi connectivity index (χ4v) is 2.37. The van der Waals surface area contributed by atoms with Gasteiger partial charge in [0.05, 0.1) is 11.7 Å². The molecule has 4 heteroatoms. The number of benzene rings is 1. The number of phenols is 1. The molecule has 1 saturated heterocycles. The summed E-state index contributed by atoms with van der Waals surface area (Å²) >= 11 is 0. The molecule has 3 N–H and O–H groups in total. The Hall–Kier alpha value is -1.55. The first-order chi connectivity index (χ1) is 8.59. The summed E-state index contributed by atoms with van der Waals surface area (Å²) in [6.07, 6.45) is 2.17. The summed E-state index contributed by atoms with van der Waals surface area (Å²) in [5.41, 5.74) is 1.25. The molecule has 0 bridgehead atoms. The van der Waals surface area contributed by atoms with Crippen LogP contribution in [0.15, 0.2) is 18.2 Å².